The van der Waals surface area contributed by atoms with E-state index in [9.17, 15) is 14.0 Å². The molecule has 0 saturated carbocycles. The molecular formula is C17H19FN4O3. The van der Waals surface area contributed by atoms with Crippen LogP contribution in [0.2, 0.25) is 0 Å². The first-order valence-corrected chi connectivity index (χ1v) is 8.03. The van der Waals surface area contributed by atoms with Crippen molar-refractivity contribution in [2.75, 3.05) is 18.0 Å². The molecule has 2 heterocycles. The van der Waals surface area contributed by atoms with Crippen LogP contribution in [-0.4, -0.2) is 40.7 Å². The number of halogens is 1. The van der Waals surface area contributed by atoms with Gasteiger partial charge in [0, 0.05) is 13.1 Å². The monoisotopic (exact) mass is 346 g/mol. The Morgan fingerprint density at radius 1 is 1.48 bits per heavy atom. The third-order valence-electron chi connectivity index (χ3n) is 3.97. The molecule has 1 aromatic heterocycles. The highest BCUT2D eigenvalue weighted by atomic mass is 19.1. The van der Waals surface area contributed by atoms with Gasteiger partial charge >= 0.3 is 6.09 Å². The number of hydrogen-bond donors (Lipinski definition) is 1. The number of aryl methyl sites for hydroxylation is 1. The fourth-order valence-corrected chi connectivity index (χ4v) is 2.65. The summed E-state index contributed by atoms with van der Waals surface area (Å²) in [5.41, 5.74) is 1.64. The normalized spacial score (nSPS) is 16.8. The first-order chi connectivity index (χ1) is 12.0. The number of carbonyl (C=O) groups excluding carboxylic acids is 2. The van der Waals surface area contributed by atoms with Crippen LogP contribution in [0.4, 0.5) is 14.9 Å². The third kappa shape index (κ3) is 3.62. The second-order valence-electron chi connectivity index (χ2n) is 5.82. The summed E-state index contributed by atoms with van der Waals surface area (Å²) in [6, 6.07) is 4.55. The Balaban J connectivity index is 1.76. The van der Waals surface area contributed by atoms with Gasteiger partial charge in [-0.2, -0.15) is 0 Å². The molecule has 0 aliphatic carbocycles. The number of nitrogens with one attached hydrogen (secondary N) is 1. The van der Waals surface area contributed by atoms with Crippen molar-refractivity contribution in [1.29, 1.82) is 0 Å². The summed E-state index contributed by atoms with van der Waals surface area (Å²) >= 11 is 0. The Bertz CT molecular complexity index is 805. The summed E-state index contributed by atoms with van der Waals surface area (Å²) in [7, 11) is 0. The molecule has 1 atom stereocenters. The lowest BCUT2D eigenvalue weighted by Crippen LogP contribution is -2.33. The molecule has 1 fully saturated rings. The van der Waals surface area contributed by atoms with E-state index in [1.54, 1.807) is 29.2 Å². The van der Waals surface area contributed by atoms with Crippen molar-refractivity contribution in [3.05, 3.63) is 42.2 Å². The zero-order valence-electron chi connectivity index (χ0n) is 14.0. The van der Waals surface area contributed by atoms with Crippen LogP contribution in [0.25, 0.3) is 5.69 Å². The van der Waals surface area contributed by atoms with Crippen LogP contribution in [0, 0.1) is 5.82 Å². The van der Waals surface area contributed by atoms with Gasteiger partial charge in [-0.3, -0.25) is 9.69 Å². The van der Waals surface area contributed by atoms with Gasteiger partial charge in [0.2, 0.25) is 5.91 Å². The van der Waals surface area contributed by atoms with Crippen LogP contribution >= 0.6 is 0 Å². The molecule has 1 aromatic carbocycles. The summed E-state index contributed by atoms with van der Waals surface area (Å²) in [5, 5.41) is 2.60. The Labute approximate surface area is 144 Å². The van der Waals surface area contributed by atoms with E-state index in [4.69, 9.17) is 4.74 Å². The lowest BCUT2D eigenvalue weighted by molar-refractivity contribution is -0.119. The zero-order chi connectivity index (χ0) is 18.0. The predicted molar refractivity (Wildman–Crippen MR) is 89.2 cm³/mol. The summed E-state index contributed by atoms with van der Waals surface area (Å²) in [4.78, 5) is 28.5. The van der Waals surface area contributed by atoms with Gasteiger partial charge in [0.25, 0.3) is 0 Å². The number of imidazole rings is 1. The van der Waals surface area contributed by atoms with Crippen LogP contribution in [0.5, 0.6) is 0 Å². The van der Waals surface area contributed by atoms with Gasteiger partial charge in [-0.1, -0.05) is 6.92 Å². The Morgan fingerprint density at radius 3 is 2.92 bits per heavy atom. The number of ether oxygens (including phenoxy) is 1. The maximum absolute atomic E-state index is 14.5. The molecule has 0 bridgehead atoms. The molecule has 25 heavy (non-hydrogen) atoms. The largest absolute Gasteiger partial charge is 0.442 e. The highest BCUT2D eigenvalue weighted by Gasteiger charge is 2.32. The van der Waals surface area contributed by atoms with Crippen LogP contribution in [0.15, 0.2) is 30.7 Å². The number of amides is 2. The van der Waals surface area contributed by atoms with Gasteiger partial charge in [-0.05, 0) is 24.6 Å². The Morgan fingerprint density at radius 2 is 2.28 bits per heavy atom. The molecule has 0 radical (unpaired) electrons. The lowest BCUT2D eigenvalue weighted by Gasteiger charge is -2.14. The molecule has 1 N–H and O–H groups in total. The molecule has 1 aliphatic rings. The standard InChI is InChI=1S/C17H19FN4O3/c1-3-12-8-21(10-20-12)16-5-4-13(6-15(16)18)22-9-14(25-17(22)24)7-19-11(2)23/h4-6,8,10,14H,3,7,9H2,1-2H3,(H,19,23). The van der Waals surface area contributed by atoms with E-state index in [1.165, 1.54) is 17.9 Å². The molecule has 3 rings (SSSR count). The number of cyclic esters (lactones) is 1. The summed E-state index contributed by atoms with van der Waals surface area (Å²) < 4.78 is 21.3. The smallest absolute Gasteiger partial charge is 0.414 e. The van der Waals surface area contributed by atoms with Crippen LogP contribution in [0.1, 0.15) is 19.5 Å². The maximum atomic E-state index is 14.5. The van der Waals surface area contributed by atoms with Gasteiger partial charge in [0.1, 0.15) is 11.9 Å². The predicted octanol–water partition coefficient (Wildman–Crippen LogP) is 2.04. The van der Waals surface area contributed by atoms with Crippen LogP contribution in [-0.2, 0) is 16.0 Å². The Kier molecular flexibility index (Phi) is 4.69. The highest BCUT2D eigenvalue weighted by molar-refractivity contribution is 5.90. The quantitative estimate of drug-likeness (QED) is 0.899. The van der Waals surface area contributed by atoms with Crippen molar-refractivity contribution in [1.82, 2.24) is 14.9 Å². The molecule has 132 valence electrons. The molecule has 1 aliphatic heterocycles. The first-order valence-electron chi connectivity index (χ1n) is 8.03. The highest BCUT2D eigenvalue weighted by Crippen LogP contribution is 2.25. The van der Waals surface area contributed by atoms with Crippen molar-refractivity contribution >= 4 is 17.7 Å². The molecule has 0 spiro atoms. The van der Waals surface area contributed by atoms with Gasteiger partial charge < -0.3 is 14.6 Å². The van der Waals surface area contributed by atoms with E-state index in [2.05, 4.69) is 10.3 Å². The van der Waals surface area contributed by atoms with E-state index in [0.29, 0.717) is 11.4 Å². The van der Waals surface area contributed by atoms with Crippen molar-refractivity contribution < 1.29 is 18.7 Å². The van der Waals surface area contributed by atoms with E-state index in [-0.39, 0.29) is 19.0 Å². The van der Waals surface area contributed by atoms with Crippen LogP contribution < -0.4 is 10.2 Å². The minimum absolute atomic E-state index is 0.198. The van der Waals surface area contributed by atoms with Gasteiger partial charge in [0.05, 0.1) is 36.5 Å². The summed E-state index contributed by atoms with van der Waals surface area (Å²) in [6.45, 7) is 3.85. The third-order valence-corrected chi connectivity index (χ3v) is 3.97. The van der Waals surface area contributed by atoms with Crippen molar-refractivity contribution in [3.8, 4) is 5.69 Å². The summed E-state index contributed by atoms with van der Waals surface area (Å²) in [5.74, 6) is -0.660. The molecule has 2 amide bonds. The average Bonchev–Trinajstić information content (AvgIpc) is 3.19. The number of carbonyl (C=O) groups is 2. The first kappa shape index (κ1) is 16.9. The van der Waals surface area contributed by atoms with E-state index in [1.807, 2.05) is 6.92 Å². The minimum atomic E-state index is -0.557. The second-order valence-corrected chi connectivity index (χ2v) is 5.82. The number of benzene rings is 1. The second kappa shape index (κ2) is 6.92. The van der Waals surface area contributed by atoms with Crippen molar-refractivity contribution in [3.63, 3.8) is 0 Å². The van der Waals surface area contributed by atoms with E-state index < -0.39 is 18.0 Å². The van der Waals surface area contributed by atoms with Crippen molar-refractivity contribution in [2.24, 2.45) is 0 Å². The molecule has 1 unspecified atom stereocenters. The topological polar surface area (TPSA) is 76.5 Å². The molecule has 8 heteroatoms. The number of rotatable bonds is 5. The lowest BCUT2D eigenvalue weighted by atomic mass is 10.2. The number of nitrogens with zero attached hydrogens (tertiary/aromatic N) is 3. The van der Waals surface area contributed by atoms with Gasteiger partial charge in [0.15, 0.2) is 0 Å². The maximum Gasteiger partial charge on any atom is 0.414 e. The number of aromatic nitrogens is 2. The molecule has 7 nitrogen and oxygen atoms in total. The van der Waals surface area contributed by atoms with Gasteiger partial charge in [-0.15, -0.1) is 0 Å². The number of hydrogen-bond acceptors (Lipinski definition) is 4. The summed E-state index contributed by atoms with van der Waals surface area (Å²) in [6.07, 6.45) is 3.08. The van der Waals surface area contributed by atoms with E-state index >= 15 is 0 Å². The van der Waals surface area contributed by atoms with Crippen molar-refractivity contribution in [2.45, 2.75) is 26.4 Å². The molecule has 1 saturated heterocycles. The minimum Gasteiger partial charge on any atom is -0.442 e. The zero-order valence-corrected chi connectivity index (χ0v) is 14.0. The Hall–Kier alpha value is -2.90. The average molecular weight is 346 g/mol. The van der Waals surface area contributed by atoms with Gasteiger partial charge in [-0.25, -0.2) is 14.2 Å². The molecule has 2 aromatic rings. The molecular weight excluding hydrogens is 327 g/mol. The fraction of sp³-hybridized carbons (Fsp3) is 0.353. The fourth-order valence-electron chi connectivity index (χ4n) is 2.65. The number of anilines is 1. The SMILES string of the molecule is CCc1cn(-c2ccc(N3CC(CNC(C)=O)OC3=O)cc2F)cn1. The van der Waals surface area contributed by atoms with Crippen LogP contribution in [0.3, 0.4) is 0 Å². The van der Waals surface area contributed by atoms with E-state index in [0.717, 1.165) is 12.1 Å².